The van der Waals surface area contributed by atoms with Gasteiger partial charge < -0.3 is 5.32 Å². The highest BCUT2D eigenvalue weighted by Crippen LogP contribution is 2.27. The Morgan fingerprint density at radius 3 is 2.55 bits per heavy atom. The number of nitrogens with zero attached hydrogens (tertiary/aromatic N) is 1. The van der Waals surface area contributed by atoms with Gasteiger partial charge in [0.05, 0.1) is 5.75 Å². The van der Waals surface area contributed by atoms with Crippen LogP contribution in [0.5, 0.6) is 0 Å². The summed E-state index contributed by atoms with van der Waals surface area (Å²) in [6.45, 7) is 0.632. The van der Waals surface area contributed by atoms with Crippen molar-refractivity contribution in [3.63, 3.8) is 0 Å². The molecule has 2 aromatic carbocycles. The lowest BCUT2D eigenvalue weighted by molar-refractivity contribution is -0.120. The Morgan fingerprint density at radius 2 is 1.90 bits per heavy atom. The third-order valence-electron chi connectivity index (χ3n) is 4.91. The average Bonchev–Trinajstić information content (AvgIpc) is 2.70. The van der Waals surface area contributed by atoms with Crippen molar-refractivity contribution in [3.8, 4) is 0 Å². The van der Waals surface area contributed by atoms with Gasteiger partial charge in [-0.25, -0.2) is 12.7 Å². The number of hydrogen-bond acceptors (Lipinski definition) is 4. The lowest BCUT2D eigenvalue weighted by Gasteiger charge is -2.30. The van der Waals surface area contributed by atoms with Crippen LogP contribution in [0.2, 0.25) is 10.0 Å². The largest absolute Gasteiger partial charge is 0.326 e. The van der Waals surface area contributed by atoms with E-state index in [1.807, 2.05) is 30.5 Å². The highest BCUT2D eigenvalue weighted by atomic mass is 35.5. The molecule has 0 saturated carbocycles. The zero-order chi connectivity index (χ0) is 21.0. The minimum Gasteiger partial charge on any atom is -0.326 e. The van der Waals surface area contributed by atoms with Gasteiger partial charge in [-0.05, 0) is 55.0 Å². The molecule has 0 aromatic heterocycles. The van der Waals surface area contributed by atoms with Gasteiger partial charge in [0, 0.05) is 39.6 Å². The van der Waals surface area contributed by atoms with Crippen LogP contribution >= 0.6 is 35.0 Å². The summed E-state index contributed by atoms with van der Waals surface area (Å²) in [6, 6.07) is 12.5. The Kier molecular flexibility index (Phi) is 7.51. The lowest BCUT2D eigenvalue weighted by atomic mass is 9.97. The number of amides is 1. The maximum atomic E-state index is 12.8. The van der Waals surface area contributed by atoms with Crippen molar-refractivity contribution in [1.82, 2.24) is 4.31 Å². The van der Waals surface area contributed by atoms with Crippen LogP contribution in [0.15, 0.2) is 47.4 Å². The van der Waals surface area contributed by atoms with Crippen LogP contribution in [0, 0.1) is 5.92 Å². The number of piperidine rings is 1. The fraction of sp³-hybridized carbons (Fsp3) is 0.350. The Balaban J connectivity index is 1.58. The smallest absolute Gasteiger partial charge is 0.227 e. The molecule has 0 bridgehead atoms. The van der Waals surface area contributed by atoms with E-state index in [0.29, 0.717) is 41.5 Å². The SMILES string of the molecule is CSc1cccc(NC(=O)C2CCN(S(=O)(=O)Cc3ccc(Cl)cc3Cl)CC2)c1. The van der Waals surface area contributed by atoms with Gasteiger partial charge in [-0.2, -0.15) is 0 Å². The van der Waals surface area contributed by atoms with Crippen molar-refractivity contribution in [2.75, 3.05) is 24.7 Å². The number of carbonyl (C=O) groups is 1. The summed E-state index contributed by atoms with van der Waals surface area (Å²) in [5.74, 6) is -0.457. The molecule has 1 fully saturated rings. The Labute approximate surface area is 185 Å². The number of thioether (sulfide) groups is 1. The number of rotatable bonds is 6. The van der Waals surface area contributed by atoms with E-state index in [0.717, 1.165) is 10.6 Å². The second-order valence-electron chi connectivity index (χ2n) is 6.89. The molecule has 1 amide bonds. The predicted molar refractivity (Wildman–Crippen MR) is 120 cm³/mol. The number of anilines is 1. The summed E-state index contributed by atoms with van der Waals surface area (Å²) in [5.41, 5.74) is 1.28. The molecule has 0 aliphatic carbocycles. The first kappa shape index (κ1) is 22.4. The summed E-state index contributed by atoms with van der Waals surface area (Å²) in [4.78, 5) is 13.6. The van der Waals surface area contributed by atoms with E-state index in [1.54, 1.807) is 23.9 Å². The molecule has 2 aromatic rings. The van der Waals surface area contributed by atoms with Crippen LogP contribution in [0.4, 0.5) is 5.69 Å². The van der Waals surface area contributed by atoms with Gasteiger partial charge in [-0.1, -0.05) is 35.3 Å². The first-order valence-corrected chi connectivity index (χ1v) is 12.7. The van der Waals surface area contributed by atoms with Crippen molar-refractivity contribution >= 4 is 56.6 Å². The van der Waals surface area contributed by atoms with Gasteiger partial charge in [0.1, 0.15) is 0 Å². The van der Waals surface area contributed by atoms with Gasteiger partial charge in [0.2, 0.25) is 15.9 Å². The van der Waals surface area contributed by atoms with E-state index in [2.05, 4.69) is 5.32 Å². The summed E-state index contributed by atoms with van der Waals surface area (Å²) in [7, 11) is -3.52. The molecule has 29 heavy (non-hydrogen) atoms. The van der Waals surface area contributed by atoms with Crippen molar-refractivity contribution < 1.29 is 13.2 Å². The standard InChI is InChI=1S/C20H22Cl2N2O3S2/c1-28-18-4-2-3-17(12-18)23-20(25)14-7-9-24(10-8-14)29(26,27)13-15-5-6-16(21)11-19(15)22/h2-6,11-12,14H,7-10,13H2,1H3,(H,23,25). The molecule has 1 aliphatic heterocycles. The summed E-state index contributed by atoms with van der Waals surface area (Å²) >= 11 is 13.6. The van der Waals surface area contributed by atoms with E-state index in [1.165, 1.54) is 10.4 Å². The van der Waals surface area contributed by atoms with Crippen molar-refractivity contribution in [2.24, 2.45) is 5.92 Å². The number of benzene rings is 2. The van der Waals surface area contributed by atoms with E-state index < -0.39 is 10.0 Å². The number of halogens is 2. The maximum Gasteiger partial charge on any atom is 0.227 e. The molecule has 156 valence electrons. The topological polar surface area (TPSA) is 66.5 Å². The van der Waals surface area contributed by atoms with Gasteiger partial charge in [-0.3, -0.25) is 4.79 Å². The summed E-state index contributed by atoms with van der Waals surface area (Å²) in [5, 5.41) is 3.74. The minimum absolute atomic E-state index is 0.0685. The first-order valence-electron chi connectivity index (χ1n) is 9.15. The third-order valence-corrected chi connectivity index (χ3v) is 8.05. The van der Waals surface area contributed by atoms with Crippen LogP contribution in [0.1, 0.15) is 18.4 Å². The fourth-order valence-electron chi connectivity index (χ4n) is 3.27. The Bertz CT molecular complexity index is 991. The van der Waals surface area contributed by atoms with Gasteiger partial charge in [0.25, 0.3) is 0 Å². The molecule has 9 heteroatoms. The zero-order valence-electron chi connectivity index (χ0n) is 15.9. The average molecular weight is 473 g/mol. The van der Waals surface area contributed by atoms with Crippen molar-refractivity contribution in [2.45, 2.75) is 23.5 Å². The second kappa shape index (κ2) is 9.71. The molecule has 0 atom stereocenters. The minimum atomic E-state index is -3.52. The number of hydrogen-bond donors (Lipinski definition) is 1. The molecular weight excluding hydrogens is 451 g/mol. The molecule has 0 radical (unpaired) electrons. The molecule has 0 spiro atoms. The number of nitrogens with one attached hydrogen (secondary N) is 1. The van der Waals surface area contributed by atoms with E-state index in [-0.39, 0.29) is 17.6 Å². The monoisotopic (exact) mass is 472 g/mol. The van der Waals surface area contributed by atoms with E-state index in [4.69, 9.17) is 23.2 Å². The fourth-order valence-corrected chi connectivity index (χ4v) is 5.88. The number of carbonyl (C=O) groups excluding carboxylic acids is 1. The molecular formula is C20H22Cl2N2O3S2. The van der Waals surface area contributed by atoms with Gasteiger partial charge in [-0.15, -0.1) is 11.8 Å². The van der Waals surface area contributed by atoms with Gasteiger partial charge >= 0.3 is 0 Å². The Morgan fingerprint density at radius 1 is 1.17 bits per heavy atom. The van der Waals surface area contributed by atoms with E-state index in [9.17, 15) is 13.2 Å². The van der Waals surface area contributed by atoms with Crippen LogP contribution in [-0.2, 0) is 20.6 Å². The van der Waals surface area contributed by atoms with Gasteiger partial charge in [0.15, 0.2) is 0 Å². The molecule has 1 saturated heterocycles. The van der Waals surface area contributed by atoms with Crippen LogP contribution in [0.3, 0.4) is 0 Å². The highest BCUT2D eigenvalue weighted by molar-refractivity contribution is 7.98. The maximum absolute atomic E-state index is 12.8. The predicted octanol–water partition coefficient (Wildman–Crippen LogP) is 4.90. The summed E-state index contributed by atoms with van der Waals surface area (Å²) in [6.07, 6.45) is 2.96. The van der Waals surface area contributed by atoms with Crippen LogP contribution < -0.4 is 5.32 Å². The second-order valence-corrected chi connectivity index (χ2v) is 10.6. The van der Waals surface area contributed by atoms with Crippen molar-refractivity contribution in [1.29, 1.82) is 0 Å². The number of sulfonamides is 1. The highest BCUT2D eigenvalue weighted by Gasteiger charge is 2.31. The Hall–Kier alpha value is -1.25. The third kappa shape index (κ3) is 5.89. The summed E-state index contributed by atoms with van der Waals surface area (Å²) < 4.78 is 27.0. The molecule has 1 N–H and O–H groups in total. The zero-order valence-corrected chi connectivity index (χ0v) is 19.0. The van der Waals surface area contributed by atoms with Crippen LogP contribution in [-0.4, -0.2) is 38.0 Å². The molecule has 1 heterocycles. The lowest BCUT2D eigenvalue weighted by Crippen LogP contribution is -2.41. The molecule has 5 nitrogen and oxygen atoms in total. The first-order chi connectivity index (χ1) is 13.8. The molecule has 0 unspecified atom stereocenters. The normalized spacial score (nSPS) is 16.0. The van der Waals surface area contributed by atoms with Crippen LogP contribution in [0.25, 0.3) is 0 Å². The quantitative estimate of drug-likeness (QED) is 0.607. The van der Waals surface area contributed by atoms with Crippen molar-refractivity contribution in [3.05, 3.63) is 58.1 Å². The van der Waals surface area contributed by atoms with E-state index >= 15 is 0 Å². The molecule has 1 aliphatic rings. The molecule has 3 rings (SSSR count).